The summed E-state index contributed by atoms with van der Waals surface area (Å²) in [7, 11) is 0. The molecule has 0 aliphatic carbocycles. The predicted octanol–water partition coefficient (Wildman–Crippen LogP) is -0.491. The van der Waals surface area contributed by atoms with Crippen molar-refractivity contribution in [1.82, 2.24) is 10.6 Å². The van der Waals surface area contributed by atoms with Gasteiger partial charge in [-0.05, 0) is 39.7 Å². The molecular formula is C10H19N3O2. The van der Waals surface area contributed by atoms with Crippen LogP contribution in [0.3, 0.4) is 0 Å². The van der Waals surface area contributed by atoms with Gasteiger partial charge in [-0.2, -0.15) is 0 Å². The van der Waals surface area contributed by atoms with Gasteiger partial charge in [0.1, 0.15) is 6.04 Å². The quantitative estimate of drug-likeness (QED) is 0.591. The van der Waals surface area contributed by atoms with E-state index in [-0.39, 0.29) is 5.91 Å². The lowest BCUT2D eigenvalue weighted by Crippen LogP contribution is -2.59. The van der Waals surface area contributed by atoms with Gasteiger partial charge in [0.2, 0.25) is 11.8 Å². The molecule has 1 heterocycles. The van der Waals surface area contributed by atoms with Crippen LogP contribution < -0.4 is 16.4 Å². The lowest BCUT2D eigenvalue weighted by molar-refractivity contribution is -0.131. The second kappa shape index (κ2) is 4.61. The van der Waals surface area contributed by atoms with Gasteiger partial charge in [-0.3, -0.25) is 9.59 Å². The molecule has 1 fully saturated rings. The van der Waals surface area contributed by atoms with E-state index in [0.29, 0.717) is 0 Å². The Hall–Kier alpha value is -1.10. The van der Waals surface area contributed by atoms with Gasteiger partial charge in [-0.1, -0.05) is 0 Å². The standard InChI is InChI=1S/C10H19N3O2/c1-7(8(11)14)13-9(15)10(2)5-3-4-6-12-10/h7,12H,3-6H2,1-2H3,(H2,11,14)(H,13,15). The fraction of sp³-hybridized carbons (Fsp3) is 0.800. The molecule has 0 aromatic rings. The number of amides is 2. The van der Waals surface area contributed by atoms with Crippen molar-refractivity contribution in [3.8, 4) is 0 Å². The lowest BCUT2D eigenvalue weighted by Gasteiger charge is -2.34. The Bertz CT molecular complexity index is 259. The molecule has 86 valence electrons. The van der Waals surface area contributed by atoms with Crippen molar-refractivity contribution in [2.45, 2.75) is 44.7 Å². The van der Waals surface area contributed by atoms with Crippen LogP contribution in [0.5, 0.6) is 0 Å². The Labute approximate surface area is 89.8 Å². The average molecular weight is 213 g/mol. The zero-order chi connectivity index (χ0) is 11.5. The van der Waals surface area contributed by atoms with Crippen molar-refractivity contribution in [1.29, 1.82) is 0 Å². The number of nitrogens with two attached hydrogens (primary N) is 1. The van der Waals surface area contributed by atoms with Gasteiger partial charge in [0.15, 0.2) is 0 Å². The van der Waals surface area contributed by atoms with Crippen LogP contribution in [0.1, 0.15) is 33.1 Å². The average Bonchev–Trinajstić information content (AvgIpc) is 2.18. The first-order chi connectivity index (χ1) is 6.96. The predicted molar refractivity (Wildman–Crippen MR) is 57.1 cm³/mol. The first-order valence-corrected chi connectivity index (χ1v) is 5.31. The molecule has 2 unspecified atom stereocenters. The molecule has 1 saturated heterocycles. The molecule has 15 heavy (non-hydrogen) atoms. The highest BCUT2D eigenvalue weighted by Gasteiger charge is 2.35. The van der Waals surface area contributed by atoms with E-state index in [1.54, 1.807) is 6.92 Å². The van der Waals surface area contributed by atoms with E-state index < -0.39 is 17.5 Å². The fourth-order valence-corrected chi connectivity index (χ4v) is 1.68. The number of piperidine rings is 1. The molecule has 1 rings (SSSR count). The van der Waals surface area contributed by atoms with Crippen LogP contribution in [-0.4, -0.2) is 29.9 Å². The van der Waals surface area contributed by atoms with Crippen LogP contribution in [0, 0.1) is 0 Å². The molecule has 2 atom stereocenters. The van der Waals surface area contributed by atoms with Gasteiger partial charge >= 0.3 is 0 Å². The zero-order valence-electron chi connectivity index (χ0n) is 9.30. The summed E-state index contributed by atoms with van der Waals surface area (Å²) < 4.78 is 0. The molecule has 0 saturated carbocycles. The Morgan fingerprint density at radius 3 is 2.60 bits per heavy atom. The SMILES string of the molecule is CC(NC(=O)C1(C)CCCCN1)C(N)=O. The van der Waals surface area contributed by atoms with E-state index in [1.807, 2.05) is 6.92 Å². The number of hydrogen-bond acceptors (Lipinski definition) is 3. The maximum atomic E-state index is 11.9. The van der Waals surface area contributed by atoms with E-state index in [2.05, 4.69) is 10.6 Å². The summed E-state index contributed by atoms with van der Waals surface area (Å²) in [4.78, 5) is 22.7. The second-order valence-electron chi connectivity index (χ2n) is 4.31. The molecule has 5 heteroatoms. The van der Waals surface area contributed by atoms with Gasteiger partial charge in [0, 0.05) is 0 Å². The van der Waals surface area contributed by atoms with Crippen LogP contribution in [0.15, 0.2) is 0 Å². The molecule has 0 radical (unpaired) electrons. The van der Waals surface area contributed by atoms with Crippen molar-refractivity contribution in [3.05, 3.63) is 0 Å². The van der Waals surface area contributed by atoms with Gasteiger partial charge in [0.05, 0.1) is 5.54 Å². The molecule has 4 N–H and O–H groups in total. The smallest absolute Gasteiger partial charge is 0.240 e. The van der Waals surface area contributed by atoms with Gasteiger partial charge in [0.25, 0.3) is 0 Å². The third-order valence-electron chi connectivity index (χ3n) is 2.89. The molecular weight excluding hydrogens is 194 g/mol. The topological polar surface area (TPSA) is 84.2 Å². The minimum atomic E-state index is -0.613. The van der Waals surface area contributed by atoms with Crippen molar-refractivity contribution in [3.63, 3.8) is 0 Å². The van der Waals surface area contributed by atoms with Crippen molar-refractivity contribution in [2.75, 3.05) is 6.54 Å². The van der Waals surface area contributed by atoms with Crippen LogP contribution in [-0.2, 0) is 9.59 Å². The van der Waals surface area contributed by atoms with E-state index >= 15 is 0 Å². The highest BCUT2D eigenvalue weighted by Crippen LogP contribution is 2.18. The van der Waals surface area contributed by atoms with E-state index in [9.17, 15) is 9.59 Å². The monoisotopic (exact) mass is 213 g/mol. The Morgan fingerprint density at radius 1 is 1.47 bits per heavy atom. The minimum Gasteiger partial charge on any atom is -0.368 e. The second-order valence-corrected chi connectivity index (χ2v) is 4.31. The molecule has 5 nitrogen and oxygen atoms in total. The van der Waals surface area contributed by atoms with E-state index in [0.717, 1.165) is 25.8 Å². The number of carbonyl (C=O) groups is 2. The van der Waals surface area contributed by atoms with Gasteiger partial charge < -0.3 is 16.4 Å². The molecule has 0 spiro atoms. The van der Waals surface area contributed by atoms with Crippen LogP contribution in [0.25, 0.3) is 0 Å². The van der Waals surface area contributed by atoms with Gasteiger partial charge in [-0.15, -0.1) is 0 Å². The Kier molecular flexibility index (Phi) is 3.68. The maximum Gasteiger partial charge on any atom is 0.240 e. The Morgan fingerprint density at radius 2 is 2.13 bits per heavy atom. The minimum absolute atomic E-state index is 0.145. The first kappa shape index (κ1) is 12.0. The highest BCUT2D eigenvalue weighted by molar-refractivity contribution is 5.91. The summed E-state index contributed by atoms with van der Waals surface area (Å²) in [5, 5.41) is 5.79. The zero-order valence-corrected chi connectivity index (χ0v) is 9.30. The third kappa shape index (κ3) is 2.92. The summed E-state index contributed by atoms with van der Waals surface area (Å²) in [5.41, 5.74) is 4.53. The lowest BCUT2D eigenvalue weighted by atomic mass is 9.90. The Balaban J connectivity index is 2.55. The molecule has 0 aromatic heterocycles. The third-order valence-corrected chi connectivity index (χ3v) is 2.89. The normalized spacial score (nSPS) is 28.1. The number of rotatable bonds is 3. The summed E-state index contributed by atoms with van der Waals surface area (Å²) in [6.07, 6.45) is 2.92. The van der Waals surface area contributed by atoms with Crippen LogP contribution in [0.4, 0.5) is 0 Å². The molecule has 1 aliphatic heterocycles. The first-order valence-electron chi connectivity index (χ1n) is 5.31. The number of hydrogen-bond donors (Lipinski definition) is 3. The fourth-order valence-electron chi connectivity index (χ4n) is 1.68. The van der Waals surface area contributed by atoms with Crippen molar-refractivity contribution in [2.24, 2.45) is 5.73 Å². The molecule has 0 aromatic carbocycles. The molecule has 1 aliphatic rings. The largest absolute Gasteiger partial charge is 0.368 e. The van der Waals surface area contributed by atoms with Crippen molar-refractivity contribution >= 4 is 11.8 Å². The van der Waals surface area contributed by atoms with E-state index in [1.165, 1.54) is 0 Å². The van der Waals surface area contributed by atoms with Crippen LogP contribution >= 0.6 is 0 Å². The summed E-state index contributed by atoms with van der Waals surface area (Å²) in [5.74, 6) is -0.656. The number of nitrogens with one attached hydrogen (secondary N) is 2. The summed E-state index contributed by atoms with van der Waals surface area (Å²) in [6.45, 7) is 4.29. The van der Waals surface area contributed by atoms with E-state index in [4.69, 9.17) is 5.73 Å². The number of carbonyl (C=O) groups excluding carboxylic acids is 2. The molecule has 0 bridgehead atoms. The van der Waals surface area contributed by atoms with Crippen molar-refractivity contribution < 1.29 is 9.59 Å². The summed E-state index contributed by atoms with van der Waals surface area (Å²) in [6, 6.07) is -0.613. The summed E-state index contributed by atoms with van der Waals surface area (Å²) >= 11 is 0. The molecule has 2 amide bonds. The van der Waals surface area contributed by atoms with Crippen LogP contribution in [0.2, 0.25) is 0 Å². The maximum absolute atomic E-state index is 11.9. The highest BCUT2D eigenvalue weighted by atomic mass is 16.2. The number of primary amides is 1. The van der Waals surface area contributed by atoms with Gasteiger partial charge in [-0.25, -0.2) is 0 Å².